The summed E-state index contributed by atoms with van der Waals surface area (Å²) in [5.41, 5.74) is 12.0. The molecule has 1 heteroatoms. The van der Waals surface area contributed by atoms with Gasteiger partial charge in [-0.05, 0) is 59.6 Å². The molecule has 0 saturated heterocycles. The van der Waals surface area contributed by atoms with Gasteiger partial charge in [0, 0.05) is 5.92 Å². The summed E-state index contributed by atoms with van der Waals surface area (Å²) in [6, 6.07) is 17.8. The summed E-state index contributed by atoms with van der Waals surface area (Å²) >= 11 is 0. The number of hydrogen-bond acceptors (Lipinski definition) is 0. The standard InChI is InChI=1S/C27H31Si/c1-7-20-16-24-22(21-12-9-8-10-13-21)14-11-15-23(24)26(20)25-17(2)18(3)27(19(25)4)28(5)6/h8-16,19,26H,7H2,1-6H3. The van der Waals surface area contributed by atoms with Gasteiger partial charge in [-0.25, -0.2) is 0 Å². The van der Waals surface area contributed by atoms with Crippen LogP contribution in [0.15, 0.2) is 76.0 Å². The second-order valence-corrected chi connectivity index (χ2v) is 11.1. The largest absolute Gasteiger partial charge is 0.0748 e. The Bertz CT molecular complexity index is 1000. The minimum atomic E-state index is -0.436. The van der Waals surface area contributed by atoms with Crippen LogP contribution in [0.5, 0.6) is 0 Å². The summed E-state index contributed by atoms with van der Waals surface area (Å²) in [5, 5.41) is 1.74. The minimum absolute atomic E-state index is 0.436. The highest BCUT2D eigenvalue weighted by Gasteiger charge is 2.37. The molecule has 2 aromatic rings. The molecule has 0 bridgehead atoms. The first-order valence-corrected chi connectivity index (χ1v) is 13.1. The number of hydrogen-bond donors (Lipinski definition) is 0. The third kappa shape index (κ3) is 2.88. The smallest absolute Gasteiger partial charge is 0.0732 e. The van der Waals surface area contributed by atoms with Crippen molar-refractivity contribution in [1.29, 1.82) is 0 Å². The van der Waals surface area contributed by atoms with E-state index in [4.69, 9.17) is 0 Å². The maximum absolute atomic E-state index is 2.49. The Hall–Kier alpha value is -2.12. The van der Waals surface area contributed by atoms with E-state index in [1.165, 1.54) is 22.3 Å². The first kappa shape index (κ1) is 19.2. The minimum Gasteiger partial charge on any atom is -0.0732 e. The number of rotatable bonds is 4. The highest BCUT2D eigenvalue weighted by Crippen LogP contribution is 2.53. The van der Waals surface area contributed by atoms with Crippen LogP contribution in [0.1, 0.15) is 51.2 Å². The maximum atomic E-state index is 2.49. The summed E-state index contributed by atoms with van der Waals surface area (Å²) in [7, 11) is -0.436. The highest BCUT2D eigenvalue weighted by molar-refractivity contribution is 6.64. The summed E-state index contributed by atoms with van der Waals surface area (Å²) in [6.07, 6.45) is 3.61. The van der Waals surface area contributed by atoms with Gasteiger partial charge in [0.1, 0.15) is 0 Å². The molecule has 1 radical (unpaired) electrons. The van der Waals surface area contributed by atoms with E-state index in [1.807, 2.05) is 0 Å². The maximum Gasteiger partial charge on any atom is 0.0748 e. The van der Waals surface area contributed by atoms with E-state index in [9.17, 15) is 0 Å². The van der Waals surface area contributed by atoms with Crippen molar-refractivity contribution in [3.05, 3.63) is 87.1 Å². The molecule has 0 fully saturated rings. The Morgan fingerprint density at radius 2 is 1.61 bits per heavy atom. The molecule has 2 atom stereocenters. The molecule has 28 heavy (non-hydrogen) atoms. The van der Waals surface area contributed by atoms with Gasteiger partial charge in [-0.3, -0.25) is 0 Å². The lowest BCUT2D eigenvalue weighted by Gasteiger charge is -2.26. The number of fused-ring (bicyclic) bond motifs is 1. The van der Waals surface area contributed by atoms with Crippen molar-refractivity contribution in [1.82, 2.24) is 0 Å². The third-order valence-corrected chi connectivity index (χ3v) is 8.68. The molecule has 0 saturated carbocycles. The van der Waals surface area contributed by atoms with Crippen molar-refractivity contribution < 1.29 is 0 Å². The molecule has 2 aliphatic rings. The van der Waals surface area contributed by atoms with Crippen LogP contribution in [0, 0.1) is 5.92 Å². The fourth-order valence-corrected chi connectivity index (χ4v) is 7.46. The second kappa shape index (κ2) is 7.37. The molecule has 143 valence electrons. The van der Waals surface area contributed by atoms with Crippen LogP contribution in [0.3, 0.4) is 0 Å². The third-order valence-electron chi connectivity index (χ3n) is 6.79. The summed E-state index contributed by atoms with van der Waals surface area (Å²) < 4.78 is 0. The molecule has 0 aliphatic heterocycles. The fourth-order valence-electron chi connectivity index (χ4n) is 5.51. The monoisotopic (exact) mass is 383 g/mol. The average Bonchev–Trinajstić information content (AvgIpc) is 3.16. The van der Waals surface area contributed by atoms with E-state index in [-0.39, 0.29) is 0 Å². The summed E-state index contributed by atoms with van der Waals surface area (Å²) in [6.45, 7) is 14.4. The molecule has 0 spiro atoms. The van der Waals surface area contributed by atoms with Gasteiger partial charge in [-0.15, -0.1) is 0 Å². The van der Waals surface area contributed by atoms with Gasteiger partial charge in [0.25, 0.3) is 0 Å². The van der Waals surface area contributed by atoms with Gasteiger partial charge in [-0.2, -0.15) is 0 Å². The predicted octanol–water partition coefficient (Wildman–Crippen LogP) is 7.82. The van der Waals surface area contributed by atoms with Crippen LogP contribution in [-0.4, -0.2) is 8.80 Å². The Labute approximate surface area is 172 Å². The van der Waals surface area contributed by atoms with Crippen molar-refractivity contribution >= 4 is 14.9 Å². The Kier molecular flexibility index (Phi) is 5.05. The lowest BCUT2D eigenvalue weighted by Crippen LogP contribution is -2.16. The van der Waals surface area contributed by atoms with E-state index in [1.54, 1.807) is 27.5 Å². The zero-order valence-electron chi connectivity index (χ0n) is 18.1. The van der Waals surface area contributed by atoms with Gasteiger partial charge in [-0.1, -0.05) is 97.9 Å². The lowest BCUT2D eigenvalue weighted by molar-refractivity contribution is 0.742. The van der Waals surface area contributed by atoms with Crippen LogP contribution < -0.4 is 0 Å². The lowest BCUT2D eigenvalue weighted by atomic mass is 9.80. The number of allylic oxidation sites excluding steroid dienone is 5. The summed E-state index contributed by atoms with van der Waals surface area (Å²) in [4.78, 5) is 0. The molecule has 0 heterocycles. The van der Waals surface area contributed by atoms with Crippen molar-refractivity contribution in [3.63, 3.8) is 0 Å². The van der Waals surface area contributed by atoms with Crippen molar-refractivity contribution in [2.24, 2.45) is 5.92 Å². The van der Waals surface area contributed by atoms with Crippen molar-refractivity contribution in [2.75, 3.05) is 0 Å². The Balaban J connectivity index is 1.86. The molecule has 0 nitrogen and oxygen atoms in total. The van der Waals surface area contributed by atoms with Crippen LogP contribution >= 0.6 is 0 Å². The van der Waals surface area contributed by atoms with E-state index < -0.39 is 8.80 Å². The molecule has 0 amide bonds. The highest BCUT2D eigenvalue weighted by atomic mass is 28.3. The van der Waals surface area contributed by atoms with Gasteiger partial charge >= 0.3 is 0 Å². The van der Waals surface area contributed by atoms with E-state index in [0.717, 1.165) is 6.42 Å². The first-order chi connectivity index (χ1) is 13.5. The van der Waals surface area contributed by atoms with Gasteiger partial charge in [0.15, 0.2) is 0 Å². The summed E-state index contributed by atoms with van der Waals surface area (Å²) in [5.74, 6) is 1.03. The Morgan fingerprint density at radius 3 is 2.21 bits per heavy atom. The molecular formula is C27H31Si. The molecule has 4 rings (SSSR count). The van der Waals surface area contributed by atoms with E-state index in [0.29, 0.717) is 11.8 Å². The van der Waals surface area contributed by atoms with Gasteiger partial charge < -0.3 is 0 Å². The fraction of sp³-hybridized carbons (Fsp3) is 0.333. The number of benzene rings is 2. The molecule has 2 aromatic carbocycles. The van der Waals surface area contributed by atoms with Crippen molar-refractivity contribution in [3.8, 4) is 11.1 Å². The van der Waals surface area contributed by atoms with Crippen LogP contribution in [-0.2, 0) is 0 Å². The molecular weight excluding hydrogens is 352 g/mol. The van der Waals surface area contributed by atoms with E-state index >= 15 is 0 Å². The van der Waals surface area contributed by atoms with E-state index in [2.05, 4.69) is 95.4 Å². The molecule has 2 unspecified atom stereocenters. The SMILES string of the molecule is CCC1=Cc2c(-c3ccccc3)cccc2C1C1=C(C)C(C)=C([Si](C)C)C1C. The zero-order valence-corrected chi connectivity index (χ0v) is 19.1. The van der Waals surface area contributed by atoms with Crippen LogP contribution in [0.2, 0.25) is 13.1 Å². The topological polar surface area (TPSA) is 0 Å². The Morgan fingerprint density at radius 1 is 0.893 bits per heavy atom. The van der Waals surface area contributed by atoms with Gasteiger partial charge in [0.2, 0.25) is 0 Å². The average molecular weight is 384 g/mol. The van der Waals surface area contributed by atoms with Crippen LogP contribution in [0.25, 0.3) is 17.2 Å². The predicted molar refractivity (Wildman–Crippen MR) is 125 cm³/mol. The van der Waals surface area contributed by atoms with Gasteiger partial charge in [0.05, 0.1) is 8.80 Å². The zero-order chi connectivity index (χ0) is 20.0. The van der Waals surface area contributed by atoms with Crippen molar-refractivity contribution in [2.45, 2.75) is 53.1 Å². The normalized spacial score (nSPS) is 21.6. The molecule has 0 N–H and O–H groups in total. The second-order valence-electron chi connectivity index (χ2n) is 8.52. The quantitative estimate of drug-likeness (QED) is 0.472. The molecule has 0 aromatic heterocycles. The first-order valence-electron chi connectivity index (χ1n) is 10.6. The van der Waals surface area contributed by atoms with Crippen LogP contribution in [0.4, 0.5) is 0 Å². The molecule has 2 aliphatic carbocycles.